The minimum atomic E-state index is -4.99. The number of amides is 1. The third-order valence-corrected chi connectivity index (χ3v) is 6.47. The van der Waals surface area contributed by atoms with Crippen molar-refractivity contribution in [3.8, 4) is 11.5 Å². The van der Waals surface area contributed by atoms with Crippen molar-refractivity contribution in [2.24, 2.45) is 5.92 Å². The van der Waals surface area contributed by atoms with Crippen LogP contribution in [0.5, 0.6) is 11.5 Å². The van der Waals surface area contributed by atoms with Gasteiger partial charge in [0.05, 0.1) is 12.6 Å². The summed E-state index contributed by atoms with van der Waals surface area (Å²) < 4.78 is 63.2. The molecule has 3 rings (SSSR count). The van der Waals surface area contributed by atoms with Crippen molar-refractivity contribution < 1.29 is 36.9 Å². The number of carbonyl (C=O) groups is 1. The maximum atomic E-state index is 13.2. The van der Waals surface area contributed by atoms with E-state index >= 15 is 0 Å². The van der Waals surface area contributed by atoms with E-state index in [9.17, 15) is 18.0 Å². The molecule has 3 atom stereocenters. The monoisotopic (exact) mass is 605 g/mol. The number of halogens is 3. The summed E-state index contributed by atoms with van der Waals surface area (Å²) in [5.41, 5.74) is 1.08. The van der Waals surface area contributed by atoms with Gasteiger partial charge in [0.1, 0.15) is 22.7 Å². The fraction of sp³-hybridized carbons (Fsp3) is 0.559. The molecular weight excluding hydrogens is 559 g/mol. The van der Waals surface area contributed by atoms with Crippen LogP contribution in [0.2, 0.25) is 0 Å². The number of rotatable bonds is 12. The smallest absolute Gasteiger partial charge is 0.471 e. The van der Waals surface area contributed by atoms with Crippen LogP contribution in [0, 0.1) is 5.92 Å². The Bertz CT molecular complexity index is 1160. The van der Waals surface area contributed by atoms with Crippen LogP contribution in [0.1, 0.15) is 71.9 Å². The van der Waals surface area contributed by atoms with Crippen LogP contribution < -0.4 is 14.8 Å². The molecule has 1 N–H and O–H groups in total. The zero-order chi connectivity index (χ0) is 31.7. The molecule has 0 bridgehead atoms. The largest absolute Gasteiger partial charge is 0.488 e. The minimum absolute atomic E-state index is 0.173. The fourth-order valence-corrected chi connectivity index (χ4v) is 4.62. The van der Waals surface area contributed by atoms with Crippen LogP contribution in [0.25, 0.3) is 0 Å². The number of ether oxygens (including phenoxy) is 4. The van der Waals surface area contributed by atoms with Gasteiger partial charge in [-0.2, -0.15) is 13.2 Å². The van der Waals surface area contributed by atoms with E-state index in [1.54, 1.807) is 30.3 Å². The number of hydrogen-bond acceptors (Lipinski definition) is 5. The lowest BCUT2D eigenvalue weighted by atomic mass is 9.97. The van der Waals surface area contributed by atoms with E-state index in [-0.39, 0.29) is 29.8 Å². The summed E-state index contributed by atoms with van der Waals surface area (Å²) in [6, 6.07) is 14.0. The second kappa shape index (κ2) is 15.1. The first-order valence-electron chi connectivity index (χ1n) is 14.9. The number of hydrogen-bond donors (Lipinski definition) is 1. The van der Waals surface area contributed by atoms with E-state index < -0.39 is 18.1 Å². The standard InChI is InChI=1S/C34H46F3NO5/c1-32(2,3)42-28-16-11-24(12-17-28)21-26(23-41-30-9-7-8-20-40-30)10-15-27(38-31(39)34(35,36)37)22-25-13-18-29(19-14-25)43-33(4,5)6/h10-19,26-27,30H,7-9,20-23H2,1-6H3,(H,38,39)/b15-10+/t26-,27+,30?/m0/s1. The van der Waals surface area contributed by atoms with Crippen molar-refractivity contribution in [2.45, 2.75) is 103 Å². The van der Waals surface area contributed by atoms with Crippen molar-refractivity contribution in [2.75, 3.05) is 13.2 Å². The van der Waals surface area contributed by atoms with Gasteiger partial charge in [-0.3, -0.25) is 4.79 Å². The van der Waals surface area contributed by atoms with Gasteiger partial charge in [-0.25, -0.2) is 0 Å². The summed E-state index contributed by atoms with van der Waals surface area (Å²) in [4.78, 5) is 11.9. The minimum Gasteiger partial charge on any atom is -0.488 e. The molecule has 43 heavy (non-hydrogen) atoms. The lowest BCUT2D eigenvalue weighted by Crippen LogP contribution is -2.43. The summed E-state index contributed by atoms with van der Waals surface area (Å²) in [5, 5.41) is 2.15. The molecule has 1 fully saturated rings. The van der Waals surface area contributed by atoms with Crippen LogP contribution in [-0.4, -0.2) is 48.8 Å². The zero-order valence-corrected chi connectivity index (χ0v) is 26.1. The first-order chi connectivity index (χ1) is 20.1. The van der Waals surface area contributed by atoms with Gasteiger partial charge < -0.3 is 24.3 Å². The third kappa shape index (κ3) is 13.4. The summed E-state index contributed by atoms with van der Waals surface area (Å²) in [6.07, 6.45) is 1.74. The van der Waals surface area contributed by atoms with E-state index in [2.05, 4.69) is 5.32 Å². The Balaban J connectivity index is 1.78. The molecule has 0 saturated carbocycles. The number of alkyl halides is 3. The van der Waals surface area contributed by atoms with Crippen molar-refractivity contribution in [1.82, 2.24) is 5.32 Å². The van der Waals surface area contributed by atoms with Crippen molar-refractivity contribution >= 4 is 5.91 Å². The van der Waals surface area contributed by atoms with Gasteiger partial charge >= 0.3 is 12.1 Å². The number of nitrogens with one attached hydrogen (secondary N) is 1. The Morgan fingerprint density at radius 3 is 1.86 bits per heavy atom. The maximum Gasteiger partial charge on any atom is 0.471 e. The number of benzene rings is 2. The van der Waals surface area contributed by atoms with Crippen molar-refractivity contribution in [3.05, 3.63) is 71.8 Å². The van der Waals surface area contributed by atoms with Gasteiger partial charge in [-0.15, -0.1) is 0 Å². The second-order valence-electron chi connectivity index (χ2n) is 13.0. The molecule has 0 aliphatic carbocycles. The molecule has 6 nitrogen and oxygen atoms in total. The van der Waals surface area contributed by atoms with Gasteiger partial charge in [0.2, 0.25) is 0 Å². The Morgan fingerprint density at radius 1 is 0.860 bits per heavy atom. The quantitative estimate of drug-likeness (QED) is 0.253. The van der Waals surface area contributed by atoms with E-state index in [1.165, 1.54) is 0 Å². The molecule has 2 aromatic carbocycles. The maximum absolute atomic E-state index is 13.2. The van der Waals surface area contributed by atoms with Gasteiger partial charge in [0.15, 0.2) is 6.29 Å². The van der Waals surface area contributed by atoms with E-state index in [4.69, 9.17) is 18.9 Å². The Kier molecular flexibility index (Phi) is 12.1. The van der Waals surface area contributed by atoms with Crippen molar-refractivity contribution in [3.63, 3.8) is 0 Å². The Hall–Kier alpha value is -3.04. The molecule has 1 aliphatic heterocycles. The molecule has 238 valence electrons. The van der Waals surface area contributed by atoms with E-state index in [0.29, 0.717) is 25.4 Å². The predicted octanol–water partition coefficient (Wildman–Crippen LogP) is 7.59. The molecule has 9 heteroatoms. The lowest BCUT2D eigenvalue weighted by molar-refractivity contribution is -0.174. The first-order valence-corrected chi connectivity index (χ1v) is 14.9. The molecule has 1 aliphatic rings. The van der Waals surface area contributed by atoms with Crippen LogP contribution >= 0.6 is 0 Å². The summed E-state index contributed by atoms with van der Waals surface area (Å²) in [5.74, 6) is -0.742. The molecule has 1 unspecified atom stereocenters. The average Bonchev–Trinajstić information content (AvgIpc) is 2.90. The Labute approximate surface area is 253 Å². The van der Waals surface area contributed by atoms with Gasteiger partial charge in [-0.1, -0.05) is 36.4 Å². The SMILES string of the molecule is CC(C)(C)Oc1ccc(C[C@H](/C=C/[C@H](Cc2ccc(OC(C)(C)C)cc2)NC(=O)C(F)(F)F)COC2CCCCO2)cc1. The molecular formula is C34H46F3NO5. The van der Waals surface area contributed by atoms with Crippen LogP contribution in [0.3, 0.4) is 0 Å². The zero-order valence-electron chi connectivity index (χ0n) is 26.1. The van der Waals surface area contributed by atoms with Crippen molar-refractivity contribution in [1.29, 1.82) is 0 Å². The highest BCUT2D eigenvalue weighted by Gasteiger charge is 2.39. The Morgan fingerprint density at radius 2 is 1.40 bits per heavy atom. The molecule has 0 spiro atoms. The number of carbonyl (C=O) groups excluding carboxylic acids is 1. The second-order valence-corrected chi connectivity index (χ2v) is 13.0. The normalized spacial score (nSPS) is 17.8. The summed E-state index contributed by atoms with van der Waals surface area (Å²) in [7, 11) is 0. The van der Waals surface area contributed by atoms with Crippen LogP contribution in [-0.2, 0) is 27.1 Å². The van der Waals surface area contributed by atoms with Crippen LogP contribution in [0.15, 0.2) is 60.7 Å². The topological polar surface area (TPSA) is 66.0 Å². The molecule has 2 aromatic rings. The van der Waals surface area contributed by atoms with Gasteiger partial charge in [0, 0.05) is 12.5 Å². The average molecular weight is 606 g/mol. The summed E-state index contributed by atoms with van der Waals surface area (Å²) in [6.45, 7) is 12.7. The summed E-state index contributed by atoms with van der Waals surface area (Å²) >= 11 is 0. The molecule has 1 saturated heterocycles. The van der Waals surface area contributed by atoms with Gasteiger partial charge in [0.25, 0.3) is 0 Å². The highest BCUT2D eigenvalue weighted by atomic mass is 19.4. The fourth-order valence-electron chi connectivity index (χ4n) is 4.62. The van der Waals surface area contributed by atoms with Gasteiger partial charge in [-0.05, 0) is 109 Å². The molecule has 0 radical (unpaired) electrons. The first kappa shape index (κ1) is 34.5. The molecule has 1 amide bonds. The van der Waals surface area contributed by atoms with E-state index in [0.717, 1.165) is 36.1 Å². The molecule has 1 heterocycles. The third-order valence-electron chi connectivity index (χ3n) is 6.47. The predicted molar refractivity (Wildman–Crippen MR) is 161 cm³/mol. The van der Waals surface area contributed by atoms with E-state index in [1.807, 2.05) is 71.9 Å². The molecule has 0 aromatic heterocycles. The highest BCUT2D eigenvalue weighted by molar-refractivity contribution is 5.82. The van der Waals surface area contributed by atoms with Crippen LogP contribution in [0.4, 0.5) is 13.2 Å². The highest BCUT2D eigenvalue weighted by Crippen LogP contribution is 2.23. The lowest BCUT2D eigenvalue weighted by Gasteiger charge is -2.25.